The minimum atomic E-state index is -1.02. The smallest absolute Gasteiger partial charge is 0.327 e. The number of rotatable bonds is 3. The Morgan fingerprint density at radius 1 is 1.58 bits per heavy atom. The van der Waals surface area contributed by atoms with Crippen molar-refractivity contribution in [1.82, 2.24) is 0 Å². The molecule has 0 bridgehead atoms. The maximum absolute atomic E-state index is 13.9. The summed E-state index contributed by atoms with van der Waals surface area (Å²) in [5.74, 6) is -0.733. The van der Waals surface area contributed by atoms with Gasteiger partial charge in [0.25, 0.3) is 5.69 Å². The molecule has 0 spiro atoms. The van der Waals surface area contributed by atoms with Crippen LogP contribution in [0.15, 0.2) is 18.2 Å². The Balaban J connectivity index is 2.34. The molecular formula is C11H11FN2O4S. The number of carboxylic acid groups (broad SMARTS) is 1. The van der Waals surface area contributed by atoms with Crippen LogP contribution in [0.5, 0.6) is 0 Å². The molecule has 0 aliphatic carbocycles. The Morgan fingerprint density at radius 2 is 2.32 bits per heavy atom. The highest BCUT2D eigenvalue weighted by Crippen LogP contribution is 2.29. The number of non-ortho nitro benzene ring substituents is 1. The van der Waals surface area contributed by atoms with Crippen molar-refractivity contribution in [1.29, 1.82) is 0 Å². The van der Waals surface area contributed by atoms with Crippen LogP contribution in [0.4, 0.5) is 15.8 Å². The molecule has 102 valence electrons. The van der Waals surface area contributed by atoms with Gasteiger partial charge in [-0.3, -0.25) is 10.1 Å². The van der Waals surface area contributed by atoms with Crippen molar-refractivity contribution in [3.8, 4) is 0 Å². The predicted octanol–water partition coefficient (Wildman–Crippen LogP) is 1.74. The van der Waals surface area contributed by atoms with E-state index < -0.39 is 22.8 Å². The van der Waals surface area contributed by atoms with Crippen LogP contribution < -0.4 is 4.90 Å². The number of hydrogen-bond donors (Lipinski definition) is 1. The lowest BCUT2D eigenvalue weighted by atomic mass is 10.2. The van der Waals surface area contributed by atoms with Crippen molar-refractivity contribution >= 4 is 29.1 Å². The number of nitro groups is 1. The molecule has 1 saturated heterocycles. The zero-order valence-electron chi connectivity index (χ0n) is 9.78. The molecule has 1 unspecified atom stereocenters. The van der Waals surface area contributed by atoms with Crippen LogP contribution >= 0.6 is 11.8 Å². The fourth-order valence-corrected chi connectivity index (χ4v) is 2.98. The molecule has 2 rings (SSSR count). The molecule has 19 heavy (non-hydrogen) atoms. The van der Waals surface area contributed by atoms with Crippen LogP contribution in [0.1, 0.15) is 0 Å². The van der Waals surface area contributed by atoms with Crippen molar-refractivity contribution in [2.45, 2.75) is 6.04 Å². The predicted molar refractivity (Wildman–Crippen MR) is 69.1 cm³/mol. The molecule has 1 aromatic rings. The molecule has 1 aliphatic heterocycles. The maximum atomic E-state index is 13.9. The zero-order chi connectivity index (χ0) is 14.0. The van der Waals surface area contributed by atoms with Crippen LogP contribution in [-0.4, -0.2) is 40.1 Å². The number of carbonyl (C=O) groups is 1. The van der Waals surface area contributed by atoms with E-state index in [4.69, 9.17) is 5.11 Å². The summed E-state index contributed by atoms with van der Waals surface area (Å²) in [7, 11) is 0. The lowest BCUT2D eigenvalue weighted by Gasteiger charge is -2.34. The Labute approximate surface area is 112 Å². The third-order valence-corrected chi connectivity index (χ3v) is 3.89. The molecule has 1 aliphatic rings. The minimum absolute atomic E-state index is 0.0956. The Kier molecular flexibility index (Phi) is 3.89. The lowest BCUT2D eigenvalue weighted by molar-refractivity contribution is -0.385. The normalized spacial score (nSPS) is 19.2. The molecule has 1 heterocycles. The van der Waals surface area contributed by atoms with Crippen LogP contribution in [-0.2, 0) is 4.79 Å². The fraction of sp³-hybridized carbons (Fsp3) is 0.364. The summed E-state index contributed by atoms with van der Waals surface area (Å²) in [4.78, 5) is 22.4. The number of anilines is 1. The van der Waals surface area contributed by atoms with Gasteiger partial charge < -0.3 is 10.0 Å². The number of benzene rings is 1. The number of nitrogens with zero attached hydrogens (tertiary/aromatic N) is 2. The average Bonchev–Trinajstić information content (AvgIpc) is 2.38. The number of thioether (sulfide) groups is 1. The highest BCUT2D eigenvalue weighted by Gasteiger charge is 2.31. The second-order valence-corrected chi connectivity index (χ2v) is 5.16. The van der Waals surface area contributed by atoms with E-state index >= 15 is 0 Å². The van der Waals surface area contributed by atoms with Crippen LogP contribution in [0.25, 0.3) is 0 Å². The van der Waals surface area contributed by atoms with Gasteiger partial charge in [-0.15, -0.1) is 0 Å². The summed E-state index contributed by atoms with van der Waals surface area (Å²) in [6, 6.07) is 2.45. The van der Waals surface area contributed by atoms with E-state index in [9.17, 15) is 19.3 Å². The van der Waals surface area contributed by atoms with Gasteiger partial charge in [0.15, 0.2) is 5.82 Å². The van der Waals surface area contributed by atoms with Gasteiger partial charge in [0, 0.05) is 24.1 Å². The summed E-state index contributed by atoms with van der Waals surface area (Å²) >= 11 is 1.49. The number of hydrogen-bond acceptors (Lipinski definition) is 5. The van der Waals surface area contributed by atoms with E-state index in [1.165, 1.54) is 28.8 Å². The molecule has 0 amide bonds. The van der Waals surface area contributed by atoms with Crippen molar-refractivity contribution in [2.75, 3.05) is 23.0 Å². The third kappa shape index (κ3) is 2.78. The maximum Gasteiger partial charge on any atom is 0.327 e. The van der Waals surface area contributed by atoms with Gasteiger partial charge in [-0.05, 0) is 6.07 Å². The summed E-state index contributed by atoms with van der Waals surface area (Å²) in [6.07, 6.45) is 0. The molecular weight excluding hydrogens is 275 g/mol. The molecule has 0 aromatic heterocycles. The summed E-state index contributed by atoms with van der Waals surface area (Å²) in [6.45, 7) is 0.399. The van der Waals surface area contributed by atoms with Gasteiger partial charge >= 0.3 is 5.97 Å². The molecule has 1 N–H and O–H groups in total. The zero-order valence-corrected chi connectivity index (χ0v) is 10.6. The van der Waals surface area contributed by atoms with Crippen LogP contribution in [0.3, 0.4) is 0 Å². The van der Waals surface area contributed by atoms with Crippen LogP contribution in [0.2, 0.25) is 0 Å². The lowest BCUT2D eigenvalue weighted by Crippen LogP contribution is -2.47. The number of aliphatic carboxylic acids is 1. The second-order valence-electron chi connectivity index (χ2n) is 4.02. The molecule has 1 aromatic carbocycles. The molecule has 8 heteroatoms. The Hall–Kier alpha value is -1.83. The number of halogens is 1. The van der Waals surface area contributed by atoms with E-state index in [0.717, 1.165) is 6.07 Å². The first kappa shape index (κ1) is 13.6. The highest BCUT2D eigenvalue weighted by molar-refractivity contribution is 7.99. The standard InChI is InChI=1S/C11H11FN2O4S/c12-8-5-7(14(17)18)1-2-9(8)13-3-4-19-6-10(13)11(15)16/h1-2,5,10H,3-4,6H2,(H,15,16). The van der Waals surface area contributed by atoms with Crippen molar-refractivity contribution in [2.24, 2.45) is 0 Å². The van der Waals surface area contributed by atoms with Gasteiger partial charge in [0.1, 0.15) is 6.04 Å². The van der Waals surface area contributed by atoms with Gasteiger partial charge in [-0.2, -0.15) is 11.8 Å². The first-order chi connectivity index (χ1) is 9.00. The Morgan fingerprint density at radius 3 is 2.89 bits per heavy atom. The quantitative estimate of drug-likeness (QED) is 0.673. The second kappa shape index (κ2) is 5.43. The molecule has 1 atom stereocenters. The largest absolute Gasteiger partial charge is 0.480 e. The first-order valence-corrected chi connectivity index (χ1v) is 6.67. The van der Waals surface area contributed by atoms with Crippen molar-refractivity contribution < 1.29 is 19.2 Å². The van der Waals surface area contributed by atoms with Gasteiger partial charge in [-0.1, -0.05) is 0 Å². The molecule has 1 fully saturated rings. The molecule has 0 saturated carbocycles. The van der Waals surface area contributed by atoms with Gasteiger partial charge in [0.2, 0.25) is 0 Å². The van der Waals surface area contributed by atoms with Crippen molar-refractivity contribution in [3.05, 3.63) is 34.1 Å². The monoisotopic (exact) mass is 286 g/mol. The van der Waals surface area contributed by atoms with E-state index in [1.54, 1.807) is 0 Å². The average molecular weight is 286 g/mol. The fourth-order valence-electron chi connectivity index (χ4n) is 1.94. The summed E-state index contributed by atoms with van der Waals surface area (Å²) in [5.41, 5.74) is -0.252. The number of carboxylic acids is 1. The van der Waals surface area contributed by atoms with E-state index in [1.807, 2.05) is 0 Å². The summed E-state index contributed by atoms with van der Waals surface area (Å²) < 4.78 is 13.9. The topological polar surface area (TPSA) is 83.7 Å². The first-order valence-electron chi connectivity index (χ1n) is 5.52. The van der Waals surface area contributed by atoms with Gasteiger partial charge in [0.05, 0.1) is 16.7 Å². The van der Waals surface area contributed by atoms with Crippen molar-refractivity contribution in [3.63, 3.8) is 0 Å². The molecule has 0 radical (unpaired) electrons. The van der Waals surface area contributed by atoms with E-state index in [2.05, 4.69) is 0 Å². The molecule has 6 nitrogen and oxygen atoms in total. The third-order valence-electron chi connectivity index (χ3n) is 2.87. The van der Waals surface area contributed by atoms with Gasteiger partial charge in [-0.25, -0.2) is 9.18 Å². The highest BCUT2D eigenvalue weighted by atomic mass is 32.2. The minimum Gasteiger partial charge on any atom is -0.480 e. The summed E-state index contributed by atoms with van der Waals surface area (Å²) in [5, 5.41) is 19.7. The van der Waals surface area contributed by atoms with E-state index in [-0.39, 0.29) is 11.4 Å². The number of nitro benzene ring substituents is 1. The SMILES string of the molecule is O=C(O)C1CSCCN1c1ccc([N+](=O)[O-])cc1F. The van der Waals surface area contributed by atoms with Crippen LogP contribution in [0, 0.1) is 15.9 Å². The van der Waals surface area contributed by atoms with E-state index in [0.29, 0.717) is 18.1 Å². The Bertz CT molecular complexity index is 525.